The zero-order valence-corrected chi connectivity index (χ0v) is 8.36. The number of carbonyl (C=O) groups is 1. The summed E-state index contributed by atoms with van der Waals surface area (Å²) in [6.07, 6.45) is 5.25. The molecule has 1 saturated carbocycles. The van der Waals surface area contributed by atoms with Crippen molar-refractivity contribution in [3.8, 4) is 0 Å². The number of hydrogen-bond acceptors (Lipinski definition) is 1. The second-order valence-electron chi connectivity index (χ2n) is 3.89. The third-order valence-corrected chi connectivity index (χ3v) is 2.67. The SMILES string of the molecule is CCCn1ccc(C(=O)O)c1C1CC1. The average molecular weight is 193 g/mol. The third kappa shape index (κ3) is 1.54. The van der Waals surface area contributed by atoms with Gasteiger partial charge in [-0.05, 0) is 25.3 Å². The van der Waals surface area contributed by atoms with Crippen LogP contribution >= 0.6 is 0 Å². The number of hydrogen-bond donors (Lipinski definition) is 1. The van der Waals surface area contributed by atoms with Gasteiger partial charge in [-0.1, -0.05) is 6.92 Å². The van der Waals surface area contributed by atoms with E-state index in [0.717, 1.165) is 31.5 Å². The van der Waals surface area contributed by atoms with Gasteiger partial charge in [-0.2, -0.15) is 0 Å². The Labute approximate surface area is 83.4 Å². The van der Waals surface area contributed by atoms with Crippen molar-refractivity contribution in [3.05, 3.63) is 23.5 Å². The summed E-state index contributed by atoms with van der Waals surface area (Å²) >= 11 is 0. The lowest BCUT2D eigenvalue weighted by atomic mass is 10.2. The van der Waals surface area contributed by atoms with Gasteiger partial charge in [0.25, 0.3) is 0 Å². The zero-order valence-electron chi connectivity index (χ0n) is 8.36. The summed E-state index contributed by atoms with van der Waals surface area (Å²) in [7, 11) is 0. The highest BCUT2D eigenvalue weighted by atomic mass is 16.4. The molecule has 3 nitrogen and oxygen atoms in total. The van der Waals surface area contributed by atoms with Crippen LogP contribution < -0.4 is 0 Å². The molecule has 14 heavy (non-hydrogen) atoms. The van der Waals surface area contributed by atoms with Gasteiger partial charge in [-0.3, -0.25) is 0 Å². The second-order valence-corrected chi connectivity index (χ2v) is 3.89. The van der Waals surface area contributed by atoms with Gasteiger partial charge in [0, 0.05) is 24.4 Å². The van der Waals surface area contributed by atoms with Crippen LogP contribution in [0.2, 0.25) is 0 Å². The Kier molecular flexibility index (Phi) is 2.32. The molecule has 0 aromatic carbocycles. The standard InChI is InChI=1S/C11H15NO2/c1-2-6-12-7-5-9(11(13)14)10(12)8-3-4-8/h5,7-8H,2-4,6H2,1H3,(H,13,14). The molecule has 0 radical (unpaired) electrons. The Hall–Kier alpha value is -1.25. The Bertz CT molecular complexity index is 350. The molecule has 0 unspecified atom stereocenters. The van der Waals surface area contributed by atoms with Crippen molar-refractivity contribution in [2.24, 2.45) is 0 Å². The zero-order chi connectivity index (χ0) is 10.1. The lowest BCUT2D eigenvalue weighted by molar-refractivity contribution is 0.0695. The highest BCUT2D eigenvalue weighted by Crippen LogP contribution is 2.42. The first kappa shape index (κ1) is 9.31. The van der Waals surface area contributed by atoms with Crippen molar-refractivity contribution in [3.63, 3.8) is 0 Å². The Morgan fingerprint density at radius 1 is 1.64 bits per heavy atom. The number of nitrogens with zero attached hydrogens (tertiary/aromatic N) is 1. The maximum atomic E-state index is 11.0. The molecular formula is C11H15NO2. The van der Waals surface area contributed by atoms with Gasteiger partial charge < -0.3 is 9.67 Å². The summed E-state index contributed by atoms with van der Waals surface area (Å²) in [5.41, 5.74) is 1.54. The van der Waals surface area contributed by atoms with Crippen LogP contribution in [0.1, 0.15) is 48.2 Å². The van der Waals surface area contributed by atoms with Gasteiger partial charge in [0.15, 0.2) is 0 Å². The molecule has 1 N–H and O–H groups in total. The molecule has 0 bridgehead atoms. The van der Waals surface area contributed by atoms with E-state index in [4.69, 9.17) is 5.11 Å². The van der Waals surface area contributed by atoms with E-state index in [1.165, 1.54) is 0 Å². The molecule has 3 heteroatoms. The maximum Gasteiger partial charge on any atom is 0.337 e. The van der Waals surface area contributed by atoms with Crippen LogP contribution in [0.4, 0.5) is 0 Å². The van der Waals surface area contributed by atoms with E-state index in [1.807, 2.05) is 6.20 Å². The molecule has 1 aliphatic carbocycles. The van der Waals surface area contributed by atoms with Crippen molar-refractivity contribution in [1.82, 2.24) is 4.57 Å². The summed E-state index contributed by atoms with van der Waals surface area (Å²) in [6, 6.07) is 1.73. The van der Waals surface area contributed by atoms with E-state index in [0.29, 0.717) is 11.5 Å². The van der Waals surface area contributed by atoms with Crippen LogP contribution in [-0.2, 0) is 6.54 Å². The molecule has 1 fully saturated rings. The Morgan fingerprint density at radius 3 is 2.86 bits per heavy atom. The number of carboxylic acids is 1. The second kappa shape index (κ2) is 3.48. The molecule has 0 aliphatic heterocycles. The molecular weight excluding hydrogens is 178 g/mol. The molecule has 0 atom stereocenters. The first-order valence-electron chi connectivity index (χ1n) is 5.16. The molecule has 76 valence electrons. The Balaban J connectivity index is 2.36. The quantitative estimate of drug-likeness (QED) is 0.798. The number of rotatable bonds is 4. The van der Waals surface area contributed by atoms with Gasteiger partial charge in [-0.25, -0.2) is 4.79 Å². The summed E-state index contributed by atoms with van der Waals surface area (Å²) in [4.78, 5) is 11.0. The van der Waals surface area contributed by atoms with E-state index < -0.39 is 5.97 Å². The van der Waals surface area contributed by atoms with Crippen LogP contribution in [0.15, 0.2) is 12.3 Å². The van der Waals surface area contributed by atoms with Crippen molar-refractivity contribution in [1.29, 1.82) is 0 Å². The molecule has 0 saturated heterocycles. The fourth-order valence-electron chi connectivity index (χ4n) is 1.91. The first-order valence-corrected chi connectivity index (χ1v) is 5.16. The van der Waals surface area contributed by atoms with Crippen LogP contribution in [-0.4, -0.2) is 15.6 Å². The number of aryl methyl sites for hydroxylation is 1. The predicted octanol–water partition coefficient (Wildman–Crippen LogP) is 2.47. The molecule has 1 aromatic rings. The molecule has 1 aliphatic rings. The van der Waals surface area contributed by atoms with Crippen LogP contribution in [0.25, 0.3) is 0 Å². The average Bonchev–Trinajstić information content (AvgIpc) is 2.88. The minimum atomic E-state index is -0.790. The van der Waals surface area contributed by atoms with Gasteiger partial charge in [0.2, 0.25) is 0 Å². The van der Waals surface area contributed by atoms with Crippen LogP contribution in [0.5, 0.6) is 0 Å². The number of carboxylic acid groups (broad SMARTS) is 1. The number of aromatic nitrogens is 1. The minimum Gasteiger partial charge on any atom is -0.478 e. The highest BCUT2D eigenvalue weighted by molar-refractivity contribution is 5.89. The summed E-state index contributed by atoms with van der Waals surface area (Å²) in [6.45, 7) is 3.04. The third-order valence-electron chi connectivity index (χ3n) is 2.67. The summed E-state index contributed by atoms with van der Waals surface area (Å²) in [5, 5.41) is 9.01. The van der Waals surface area contributed by atoms with E-state index in [-0.39, 0.29) is 0 Å². The number of aromatic carboxylic acids is 1. The normalized spacial score (nSPS) is 15.8. The van der Waals surface area contributed by atoms with Crippen molar-refractivity contribution >= 4 is 5.97 Å². The molecule has 0 amide bonds. The smallest absolute Gasteiger partial charge is 0.337 e. The van der Waals surface area contributed by atoms with Gasteiger partial charge >= 0.3 is 5.97 Å². The topological polar surface area (TPSA) is 42.2 Å². The van der Waals surface area contributed by atoms with E-state index >= 15 is 0 Å². The maximum absolute atomic E-state index is 11.0. The predicted molar refractivity (Wildman–Crippen MR) is 53.7 cm³/mol. The van der Waals surface area contributed by atoms with Crippen molar-refractivity contribution < 1.29 is 9.90 Å². The van der Waals surface area contributed by atoms with Crippen molar-refractivity contribution in [2.45, 2.75) is 38.6 Å². The first-order chi connectivity index (χ1) is 6.74. The molecule has 2 rings (SSSR count). The van der Waals surface area contributed by atoms with E-state index in [1.54, 1.807) is 6.07 Å². The molecule has 0 spiro atoms. The van der Waals surface area contributed by atoms with Gasteiger partial charge in [0.1, 0.15) is 0 Å². The monoisotopic (exact) mass is 193 g/mol. The lowest BCUT2D eigenvalue weighted by Gasteiger charge is -2.07. The minimum absolute atomic E-state index is 0.501. The molecule has 1 heterocycles. The fraction of sp³-hybridized carbons (Fsp3) is 0.545. The molecule has 1 aromatic heterocycles. The van der Waals surface area contributed by atoms with Crippen molar-refractivity contribution in [2.75, 3.05) is 0 Å². The fourth-order valence-corrected chi connectivity index (χ4v) is 1.91. The Morgan fingerprint density at radius 2 is 2.36 bits per heavy atom. The van der Waals surface area contributed by atoms with E-state index in [9.17, 15) is 4.79 Å². The van der Waals surface area contributed by atoms with Gasteiger partial charge in [0.05, 0.1) is 5.56 Å². The van der Waals surface area contributed by atoms with Crippen LogP contribution in [0, 0.1) is 0 Å². The summed E-state index contributed by atoms with van der Waals surface area (Å²) in [5.74, 6) is -0.288. The van der Waals surface area contributed by atoms with Crippen LogP contribution in [0.3, 0.4) is 0 Å². The highest BCUT2D eigenvalue weighted by Gasteiger charge is 2.31. The van der Waals surface area contributed by atoms with Gasteiger partial charge in [-0.15, -0.1) is 0 Å². The largest absolute Gasteiger partial charge is 0.478 e. The lowest BCUT2D eigenvalue weighted by Crippen LogP contribution is -2.05. The summed E-state index contributed by atoms with van der Waals surface area (Å²) < 4.78 is 2.10. The van der Waals surface area contributed by atoms with E-state index in [2.05, 4.69) is 11.5 Å².